The van der Waals surface area contributed by atoms with Gasteiger partial charge < -0.3 is 19.7 Å². The summed E-state index contributed by atoms with van der Waals surface area (Å²) in [5.74, 6) is -3.77. The lowest BCUT2D eigenvalue weighted by Crippen LogP contribution is -2.36. The smallest absolute Gasteiger partial charge is 0.336 e. The first-order valence-electron chi connectivity index (χ1n) is 4.21. The maximum atomic E-state index is 10.7. The van der Waals surface area contributed by atoms with Crippen LogP contribution in [0.1, 0.15) is 20.3 Å². The SMILES string of the molecule is CCC1(C)O[C@@H](C(=O)O)[C@H](C(=O)O)O1. The Morgan fingerprint density at radius 3 is 1.79 bits per heavy atom. The van der Waals surface area contributed by atoms with Gasteiger partial charge in [-0.05, 0) is 13.3 Å². The standard InChI is InChI=1S/C8H12O6/c1-3-8(2)13-4(6(9)10)5(14-8)7(11)12/h4-5H,3H2,1-2H3,(H,9,10)(H,11,12)/t4-,5-/m1/s1. The quantitative estimate of drug-likeness (QED) is 0.675. The van der Waals surface area contributed by atoms with Crippen molar-refractivity contribution < 1.29 is 29.3 Å². The number of hydrogen-bond acceptors (Lipinski definition) is 4. The lowest BCUT2D eigenvalue weighted by atomic mass is 10.2. The minimum atomic E-state index is -1.43. The summed E-state index contributed by atoms with van der Waals surface area (Å²) in [7, 11) is 0. The van der Waals surface area contributed by atoms with Crippen LogP contribution < -0.4 is 0 Å². The van der Waals surface area contributed by atoms with Gasteiger partial charge in [0.05, 0.1) is 0 Å². The fourth-order valence-electron chi connectivity index (χ4n) is 1.22. The lowest BCUT2D eigenvalue weighted by Gasteiger charge is -2.19. The van der Waals surface area contributed by atoms with Crippen LogP contribution in [0.3, 0.4) is 0 Å². The Morgan fingerprint density at radius 2 is 1.57 bits per heavy atom. The Morgan fingerprint density at radius 1 is 1.21 bits per heavy atom. The number of hydrogen-bond donors (Lipinski definition) is 2. The Hall–Kier alpha value is -1.14. The van der Waals surface area contributed by atoms with E-state index in [1.807, 2.05) is 0 Å². The van der Waals surface area contributed by atoms with Crippen molar-refractivity contribution in [2.45, 2.75) is 38.3 Å². The molecule has 2 atom stereocenters. The monoisotopic (exact) mass is 204 g/mol. The van der Waals surface area contributed by atoms with E-state index in [0.717, 1.165) is 0 Å². The van der Waals surface area contributed by atoms with Gasteiger partial charge in [0.25, 0.3) is 0 Å². The number of carboxylic acid groups (broad SMARTS) is 2. The van der Waals surface area contributed by atoms with Crippen molar-refractivity contribution >= 4 is 11.9 Å². The summed E-state index contributed by atoms with van der Waals surface area (Å²) < 4.78 is 10.1. The Balaban J connectivity index is 2.85. The van der Waals surface area contributed by atoms with Gasteiger partial charge in [0, 0.05) is 0 Å². The van der Waals surface area contributed by atoms with Crippen LogP contribution in [-0.2, 0) is 19.1 Å². The minimum Gasteiger partial charge on any atom is -0.479 e. The van der Waals surface area contributed by atoms with Crippen LogP contribution in [0.5, 0.6) is 0 Å². The normalized spacial score (nSPS) is 30.1. The summed E-state index contributed by atoms with van der Waals surface area (Å²) in [4.78, 5) is 21.3. The summed E-state index contributed by atoms with van der Waals surface area (Å²) >= 11 is 0. The fraction of sp³-hybridized carbons (Fsp3) is 0.750. The third-order valence-corrected chi connectivity index (χ3v) is 2.16. The molecule has 0 aromatic rings. The fourth-order valence-corrected chi connectivity index (χ4v) is 1.22. The molecule has 2 N–H and O–H groups in total. The Labute approximate surface area is 80.4 Å². The molecule has 6 heteroatoms. The maximum Gasteiger partial charge on any atom is 0.336 e. The molecule has 0 amide bonds. The molecule has 1 rings (SSSR count). The molecule has 0 radical (unpaired) electrons. The van der Waals surface area contributed by atoms with E-state index in [0.29, 0.717) is 6.42 Å². The highest BCUT2D eigenvalue weighted by molar-refractivity contribution is 5.84. The predicted octanol–water partition coefficient (Wildman–Crippen LogP) is 0.0658. The first-order valence-corrected chi connectivity index (χ1v) is 4.21. The zero-order chi connectivity index (χ0) is 10.9. The van der Waals surface area contributed by atoms with Crippen molar-refractivity contribution in [1.82, 2.24) is 0 Å². The van der Waals surface area contributed by atoms with Crippen molar-refractivity contribution in [3.63, 3.8) is 0 Å². The number of aliphatic carboxylic acids is 2. The highest BCUT2D eigenvalue weighted by Crippen LogP contribution is 2.31. The summed E-state index contributed by atoms with van der Waals surface area (Å²) in [6, 6.07) is 0. The first-order chi connectivity index (χ1) is 6.39. The van der Waals surface area contributed by atoms with Crippen LogP contribution in [0.25, 0.3) is 0 Å². The second-order valence-corrected chi connectivity index (χ2v) is 3.24. The van der Waals surface area contributed by atoms with Crippen molar-refractivity contribution in [2.24, 2.45) is 0 Å². The van der Waals surface area contributed by atoms with Crippen molar-refractivity contribution in [3.8, 4) is 0 Å². The van der Waals surface area contributed by atoms with Crippen LogP contribution in [0.4, 0.5) is 0 Å². The van der Waals surface area contributed by atoms with Gasteiger partial charge in [-0.1, -0.05) is 6.92 Å². The first kappa shape index (κ1) is 10.9. The maximum absolute atomic E-state index is 10.7. The van der Waals surface area contributed by atoms with Gasteiger partial charge in [-0.2, -0.15) is 0 Å². The molecule has 0 aliphatic carbocycles. The molecule has 6 nitrogen and oxygen atoms in total. The Kier molecular flexibility index (Phi) is 2.77. The number of carboxylic acids is 2. The highest BCUT2D eigenvalue weighted by atomic mass is 16.8. The zero-order valence-electron chi connectivity index (χ0n) is 7.89. The van der Waals surface area contributed by atoms with Gasteiger partial charge >= 0.3 is 11.9 Å². The van der Waals surface area contributed by atoms with Gasteiger partial charge in [-0.3, -0.25) is 0 Å². The molecule has 14 heavy (non-hydrogen) atoms. The lowest BCUT2D eigenvalue weighted by molar-refractivity contribution is -0.178. The van der Waals surface area contributed by atoms with Crippen LogP contribution in [0.2, 0.25) is 0 Å². The zero-order valence-corrected chi connectivity index (χ0v) is 7.89. The molecule has 0 spiro atoms. The van der Waals surface area contributed by atoms with Crippen molar-refractivity contribution in [3.05, 3.63) is 0 Å². The van der Waals surface area contributed by atoms with Crippen LogP contribution >= 0.6 is 0 Å². The summed E-state index contributed by atoms with van der Waals surface area (Å²) in [5, 5.41) is 17.4. The van der Waals surface area contributed by atoms with Crippen LogP contribution in [-0.4, -0.2) is 40.1 Å². The largest absolute Gasteiger partial charge is 0.479 e. The van der Waals surface area contributed by atoms with Crippen molar-refractivity contribution in [2.75, 3.05) is 0 Å². The van der Waals surface area contributed by atoms with E-state index >= 15 is 0 Å². The molecule has 1 saturated heterocycles. The summed E-state index contributed by atoms with van der Waals surface area (Å²) in [6.07, 6.45) is -2.48. The number of carbonyl (C=O) groups is 2. The third-order valence-electron chi connectivity index (χ3n) is 2.16. The second-order valence-electron chi connectivity index (χ2n) is 3.24. The molecular weight excluding hydrogens is 192 g/mol. The number of ether oxygens (including phenoxy) is 2. The number of rotatable bonds is 3. The van der Waals surface area contributed by atoms with Crippen LogP contribution in [0.15, 0.2) is 0 Å². The topological polar surface area (TPSA) is 93.1 Å². The van der Waals surface area contributed by atoms with E-state index in [2.05, 4.69) is 0 Å². The molecular formula is C8H12O6. The van der Waals surface area contributed by atoms with Crippen LogP contribution in [0, 0.1) is 0 Å². The van der Waals surface area contributed by atoms with Gasteiger partial charge in [0.15, 0.2) is 18.0 Å². The molecule has 1 heterocycles. The van der Waals surface area contributed by atoms with Gasteiger partial charge in [0.2, 0.25) is 0 Å². The molecule has 1 aliphatic heterocycles. The molecule has 80 valence electrons. The highest BCUT2D eigenvalue weighted by Gasteiger charge is 2.50. The van der Waals surface area contributed by atoms with E-state index in [9.17, 15) is 9.59 Å². The van der Waals surface area contributed by atoms with E-state index in [1.54, 1.807) is 6.92 Å². The average Bonchev–Trinajstić information content (AvgIpc) is 2.45. The summed E-state index contributed by atoms with van der Waals surface area (Å²) in [5.41, 5.74) is 0. The van der Waals surface area contributed by atoms with E-state index in [-0.39, 0.29) is 0 Å². The van der Waals surface area contributed by atoms with Crippen molar-refractivity contribution in [1.29, 1.82) is 0 Å². The molecule has 0 aromatic carbocycles. The third kappa shape index (κ3) is 1.85. The molecule has 0 aromatic heterocycles. The molecule has 0 bridgehead atoms. The molecule has 1 fully saturated rings. The van der Waals surface area contributed by atoms with E-state index in [4.69, 9.17) is 19.7 Å². The van der Waals surface area contributed by atoms with E-state index in [1.165, 1.54) is 6.92 Å². The molecule has 1 aliphatic rings. The molecule has 0 unspecified atom stereocenters. The second kappa shape index (κ2) is 3.55. The Bertz CT molecular complexity index is 239. The average molecular weight is 204 g/mol. The van der Waals surface area contributed by atoms with Gasteiger partial charge in [0.1, 0.15) is 0 Å². The predicted molar refractivity (Wildman–Crippen MR) is 43.7 cm³/mol. The summed E-state index contributed by atoms with van der Waals surface area (Å²) in [6.45, 7) is 3.25. The van der Waals surface area contributed by atoms with E-state index < -0.39 is 29.9 Å². The van der Waals surface area contributed by atoms with Gasteiger partial charge in [-0.15, -0.1) is 0 Å². The molecule has 0 saturated carbocycles. The van der Waals surface area contributed by atoms with Gasteiger partial charge in [-0.25, -0.2) is 9.59 Å². The minimum absolute atomic E-state index is 0.389.